The smallest absolute Gasteiger partial charge is 0.246 e. The van der Waals surface area contributed by atoms with Gasteiger partial charge in [0.1, 0.15) is 6.54 Å². The van der Waals surface area contributed by atoms with Gasteiger partial charge < -0.3 is 18.6 Å². The van der Waals surface area contributed by atoms with Crippen LogP contribution in [-0.4, -0.2) is 34.7 Å². The van der Waals surface area contributed by atoms with Gasteiger partial charge in [0.15, 0.2) is 17.3 Å². The second kappa shape index (κ2) is 7.19. The third-order valence-electron chi connectivity index (χ3n) is 4.59. The SMILES string of the molecule is COc1cccc(-c2noc(Cn3cc(C(C)=O)c4ccccc43)n2)c1OC. The highest BCUT2D eigenvalue weighted by Crippen LogP contribution is 2.36. The summed E-state index contributed by atoms with van der Waals surface area (Å²) < 4.78 is 18.2. The second-order valence-electron chi connectivity index (χ2n) is 6.30. The summed E-state index contributed by atoms with van der Waals surface area (Å²) in [5.74, 6) is 1.99. The molecule has 142 valence electrons. The second-order valence-corrected chi connectivity index (χ2v) is 6.30. The lowest BCUT2D eigenvalue weighted by atomic mass is 10.1. The van der Waals surface area contributed by atoms with Crippen LogP contribution in [0.25, 0.3) is 22.3 Å². The molecule has 2 aromatic carbocycles. The summed E-state index contributed by atoms with van der Waals surface area (Å²) in [6, 6.07) is 13.2. The zero-order valence-electron chi connectivity index (χ0n) is 15.8. The number of rotatable bonds is 6. The van der Waals surface area contributed by atoms with Crippen molar-refractivity contribution in [2.24, 2.45) is 0 Å². The number of carbonyl (C=O) groups is 1. The number of benzene rings is 2. The van der Waals surface area contributed by atoms with Crippen LogP contribution in [0, 0.1) is 0 Å². The van der Waals surface area contributed by atoms with Crippen LogP contribution in [-0.2, 0) is 6.54 Å². The Morgan fingerprint density at radius 2 is 1.93 bits per heavy atom. The lowest BCUT2D eigenvalue weighted by molar-refractivity contribution is 0.101. The number of hydrogen-bond donors (Lipinski definition) is 0. The van der Waals surface area contributed by atoms with Crippen LogP contribution in [0.4, 0.5) is 0 Å². The van der Waals surface area contributed by atoms with Crippen LogP contribution in [0.1, 0.15) is 23.2 Å². The standard InChI is InChI=1S/C21H19N3O4/c1-13(25)16-11-24(17-9-5-4-7-14(16)17)12-19-22-21(23-28-19)15-8-6-10-18(26-2)20(15)27-3/h4-11H,12H2,1-3H3. The summed E-state index contributed by atoms with van der Waals surface area (Å²) in [7, 11) is 3.14. The lowest BCUT2D eigenvalue weighted by Crippen LogP contribution is -1.99. The summed E-state index contributed by atoms with van der Waals surface area (Å²) in [5.41, 5.74) is 2.29. The lowest BCUT2D eigenvalue weighted by Gasteiger charge is -2.09. The molecule has 2 heterocycles. The fourth-order valence-corrected chi connectivity index (χ4v) is 3.30. The fourth-order valence-electron chi connectivity index (χ4n) is 3.30. The maximum atomic E-state index is 12.0. The molecular formula is C21H19N3O4. The van der Waals surface area contributed by atoms with E-state index in [1.54, 1.807) is 27.2 Å². The van der Waals surface area contributed by atoms with Crippen molar-refractivity contribution < 1.29 is 18.8 Å². The van der Waals surface area contributed by atoms with Crippen molar-refractivity contribution in [3.8, 4) is 22.9 Å². The molecule has 0 bridgehead atoms. The van der Waals surface area contributed by atoms with E-state index in [0.29, 0.717) is 40.9 Å². The van der Waals surface area contributed by atoms with E-state index in [1.807, 2.05) is 47.2 Å². The number of ketones is 1. The van der Waals surface area contributed by atoms with E-state index < -0.39 is 0 Å². The van der Waals surface area contributed by atoms with E-state index in [2.05, 4.69) is 10.1 Å². The van der Waals surface area contributed by atoms with Crippen molar-refractivity contribution in [2.45, 2.75) is 13.5 Å². The third-order valence-corrected chi connectivity index (χ3v) is 4.59. The largest absolute Gasteiger partial charge is 0.493 e. The maximum absolute atomic E-state index is 12.0. The van der Waals surface area contributed by atoms with Crippen LogP contribution in [0.15, 0.2) is 53.2 Å². The number of para-hydroxylation sites is 2. The Morgan fingerprint density at radius 3 is 2.68 bits per heavy atom. The molecule has 0 radical (unpaired) electrons. The highest BCUT2D eigenvalue weighted by Gasteiger charge is 2.18. The third kappa shape index (κ3) is 3.00. The molecule has 4 rings (SSSR count). The van der Waals surface area contributed by atoms with Crippen LogP contribution in [0.3, 0.4) is 0 Å². The van der Waals surface area contributed by atoms with Crippen LogP contribution in [0.5, 0.6) is 11.5 Å². The minimum atomic E-state index is 0.0160. The van der Waals surface area contributed by atoms with Gasteiger partial charge in [-0.05, 0) is 25.1 Å². The molecule has 0 spiro atoms. The van der Waals surface area contributed by atoms with Crippen molar-refractivity contribution in [1.82, 2.24) is 14.7 Å². The Hall–Kier alpha value is -3.61. The molecule has 28 heavy (non-hydrogen) atoms. The van der Waals surface area contributed by atoms with E-state index in [-0.39, 0.29) is 5.78 Å². The van der Waals surface area contributed by atoms with Crippen molar-refractivity contribution >= 4 is 16.7 Å². The molecular weight excluding hydrogens is 358 g/mol. The number of nitrogens with zero attached hydrogens (tertiary/aromatic N) is 3. The molecule has 7 nitrogen and oxygen atoms in total. The highest BCUT2D eigenvalue weighted by atomic mass is 16.5. The molecule has 0 saturated heterocycles. The molecule has 4 aromatic rings. The first kappa shape index (κ1) is 17.8. The molecule has 0 fully saturated rings. The molecule has 0 aliphatic carbocycles. The maximum Gasteiger partial charge on any atom is 0.246 e. The Morgan fingerprint density at radius 1 is 1.11 bits per heavy atom. The molecule has 0 atom stereocenters. The average molecular weight is 377 g/mol. The Kier molecular flexibility index (Phi) is 4.57. The van der Waals surface area contributed by atoms with Crippen molar-refractivity contribution in [3.63, 3.8) is 0 Å². The fraction of sp³-hybridized carbons (Fsp3) is 0.190. The van der Waals surface area contributed by atoms with E-state index >= 15 is 0 Å². The number of fused-ring (bicyclic) bond motifs is 1. The summed E-state index contributed by atoms with van der Waals surface area (Å²) >= 11 is 0. The predicted molar refractivity (Wildman–Crippen MR) is 104 cm³/mol. The summed E-state index contributed by atoms with van der Waals surface area (Å²) in [5, 5.41) is 4.99. The van der Waals surface area contributed by atoms with Crippen molar-refractivity contribution in [1.29, 1.82) is 0 Å². The molecule has 0 aliphatic heterocycles. The number of methoxy groups -OCH3 is 2. The summed E-state index contributed by atoms with van der Waals surface area (Å²) in [4.78, 5) is 16.5. The van der Waals surface area contributed by atoms with E-state index in [0.717, 1.165) is 10.9 Å². The van der Waals surface area contributed by atoms with Gasteiger partial charge in [-0.3, -0.25) is 4.79 Å². The van der Waals surface area contributed by atoms with E-state index in [9.17, 15) is 4.79 Å². The van der Waals surface area contributed by atoms with Crippen LogP contribution >= 0.6 is 0 Å². The predicted octanol–water partition coefficient (Wildman–Crippen LogP) is 3.96. The van der Waals surface area contributed by atoms with Crippen molar-refractivity contribution in [3.05, 3.63) is 60.1 Å². The molecule has 0 amide bonds. The first-order valence-electron chi connectivity index (χ1n) is 8.75. The van der Waals surface area contributed by atoms with E-state index in [4.69, 9.17) is 14.0 Å². The molecule has 0 saturated carbocycles. The topological polar surface area (TPSA) is 79.4 Å². The average Bonchev–Trinajstić information content (AvgIpc) is 3.33. The van der Waals surface area contributed by atoms with Crippen LogP contribution < -0.4 is 9.47 Å². The summed E-state index contributed by atoms with van der Waals surface area (Å²) in [6.45, 7) is 1.92. The highest BCUT2D eigenvalue weighted by molar-refractivity contribution is 6.06. The first-order valence-corrected chi connectivity index (χ1v) is 8.75. The van der Waals surface area contributed by atoms with Gasteiger partial charge in [-0.1, -0.05) is 29.4 Å². The Balaban J connectivity index is 1.71. The van der Waals surface area contributed by atoms with Gasteiger partial charge in [-0.25, -0.2) is 0 Å². The molecule has 0 unspecified atom stereocenters. The number of ether oxygens (including phenoxy) is 2. The molecule has 0 N–H and O–H groups in total. The molecule has 0 aliphatic rings. The van der Waals surface area contributed by atoms with Gasteiger partial charge in [0.05, 0.1) is 19.8 Å². The molecule has 2 aromatic heterocycles. The van der Waals surface area contributed by atoms with Crippen LogP contribution in [0.2, 0.25) is 0 Å². The monoisotopic (exact) mass is 377 g/mol. The van der Waals surface area contributed by atoms with Gasteiger partial charge in [0.2, 0.25) is 11.7 Å². The van der Waals surface area contributed by atoms with E-state index in [1.165, 1.54) is 0 Å². The normalized spacial score (nSPS) is 11.0. The van der Waals surface area contributed by atoms with Gasteiger partial charge in [0, 0.05) is 22.7 Å². The number of hydrogen-bond acceptors (Lipinski definition) is 6. The zero-order chi connectivity index (χ0) is 19.7. The minimum absolute atomic E-state index is 0.0160. The Bertz CT molecular complexity index is 1160. The van der Waals surface area contributed by atoms with Gasteiger partial charge in [-0.2, -0.15) is 4.98 Å². The quantitative estimate of drug-likeness (QED) is 0.473. The van der Waals surface area contributed by atoms with Gasteiger partial charge in [0.25, 0.3) is 0 Å². The molecule has 7 heteroatoms. The van der Waals surface area contributed by atoms with Crippen molar-refractivity contribution in [2.75, 3.05) is 14.2 Å². The number of carbonyl (C=O) groups excluding carboxylic acids is 1. The summed E-state index contributed by atoms with van der Waals surface area (Å²) in [6.07, 6.45) is 1.82. The van der Waals surface area contributed by atoms with Gasteiger partial charge >= 0.3 is 0 Å². The Labute approximate surface area is 161 Å². The minimum Gasteiger partial charge on any atom is -0.493 e. The first-order chi connectivity index (χ1) is 13.6. The zero-order valence-corrected chi connectivity index (χ0v) is 15.8. The van der Waals surface area contributed by atoms with Gasteiger partial charge in [-0.15, -0.1) is 0 Å². The number of Topliss-reactive ketones (excluding diaryl/α,β-unsaturated/α-hetero) is 1. The number of aromatic nitrogens is 3.